The summed E-state index contributed by atoms with van der Waals surface area (Å²) in [4.78, 5) is 36.7. The standard InChI is InChI=1S/C15H12F2N2O4S/c1-6-5-24-14-10(13(21)19(14)11(6)15(22)23)18-12(20)9-7(16)3-2-4-8(9)17/h2-4,10,14H,5H2,1H3,(H,18,20)(H,22,23)/t10-,14-/m0/s1. The van der Waals surface area contributed by atoms with Gasteiger partial charge in [0.1, 0.15) is 34.3 Å². The second-order valence-corrected chi connectivity index (χ2v) is 6.50. The first kappa shape index (κ1) is 16.4. The first-order valence-electron chi connectivity index (χ1n) is 6.95. The number of carboxylic acid groups (broad SMARTS) is 1. The highest BCUT2D eigenvalue weighted by Crippen LogP contribution is 2.40. The van der Waals surface area contributed by atoms with Crippen molar-refractivity contribution in [3.8, 4) is 0 Å². The zero-order valence-corrected chi connectivity index (χ0v) is 13.2. The van der Waals surface area contributed by atoms with Gasteiger partial charge in [0.2, 0.25) is 0 Å². The van der Waals surface area contributed by atoms with Crippen molar-refractivity contribution in [3.63, 3.8) is 0 Å². The molecule has 0 spiro atoms. The molecule has 24 heavy (non-hydrogen) atoms. The monoisotopic (exact) mass is 354 g/mol. The van der Waals surface area contributed by atoms with Crippen LogP contribution in [-0.2, 0) is 9.59 Å². The molecular formula is C15H12F2N2O4S. The van der Waals surface area contributed by atoms with E-state index in [9.17, 15) is 28.3 Å². The summed E-state index contributed by atoms with van der Waals surface area (Å²) in [6.07, 6.45) is 0. The van der Waals surface area contributed by atoms with E-state index in [1.165, 1.54) is 11.8 Å². The van der Waals surface area contributed by atoms with E-state index in [1.54, 1.807) is 6.92 Å². The maximum absolute atomic E-state index is 13.6. The SMILES string of the molecule is CC1=C(C(=O)O)N2C(=O)[C@H](NC(=O)c3c(F)cccc3F)[C@@H]2SC1. The molecule has 2 amide bonds. The van der Waals surface area contributed by atoms with Crippen LogP contribution in [0.5, 0.6) is 0 Å². The molecule has 0 radical (unpaired) electrons. The molecule has 126 valence electrons. The number of fused-ring (bicyclic) bond motifs is 1. The van der Waals surface area contributed by atoms with Crippen molar-refractivity contribution in [2.45, 2.75) is 18.3 Å². The summed E-state index contributed by atoms with van der Waals surface area (Å²) in [6, 6.07) is 1.98. The molecule has 2 aliphatic heterocycles. The average Bonchev–Trinajstić information content (AvgIpc) is 2.51. The number of hydrogen-bond acceptors (Lipinski definition) is 4. The first-order chi connectivity index (χ1) is 11.3. The minimum atomic E-state index is -1.23. The summed E-state index contributed by atoms with van der Waals surface area (Å²) in [5.41, 5.74) is -0.330. The van der Waals surface area contributed by atoms with Crippen molar-refractivity contribution in [1.82, 2.24) is 10.2 Å². The van der Waals surface area contributed by atoms with Crippen LogP contribution in [0.2, 0.25) is 0 Å². The molecule has 1 aromatic carbocycles. The molecule has 1 aromatic rings. The fourth-order valence-corrected chi connectivity index (χ4v) is 4.00. The van der Waals surface area contributed by atoms with Gasteiger partial charge in [-0.1, -0.05) is 6.07 Å². The molecule has 0 aromatic heterocycles. The Labute approximate surface area is 139 Å². The summed E-state index contributed by atoms with van der Waals surface area (Å²) < 4.78 is 27.3. The van der Waals surface area contributed by atoms with Crippen molar-refractivity contribution in [2.24, 2.45) is 0 Å². The Morgan fingerprint density at radius 1 is 1.33 bits per heavy atom. The molecule has 0 unspecified atom stereocenters. The number of hydrogen-bond donors (Lipinski definition) is 2. The van der Waals surface area contributed by atoms with Crippen LogP contribution in [0, 0.1) is 11.6 Å². The lowest BCUT2D eigenvalue weighted by Crippen LogP contribution is -2.70. The normalized spacial score (nSPS) is 22.8. The third kappa shape index (κ3) is 2.44. The maximum Gasteiger partial charge on any atom is 0.352 e. The van der Waals surface area contributed by atoms with Gasteiger partial charge in [0.25, 0.3) is 11.8 Å². The van der Waals surface area contributed by atoms with Gasteiger partial charge in [-0.25, -0.2) is 13.6 Å². The lowest BCUT2D eigenvalue weighted by atomic mass is 10.0. The summed E-state index contributed by atoms with van der Waals surface area (Å²) in [5.74, 6) is -4.57. The maximum atomic E-state index is 13.6. The van der Waals surface area contributed by atoms with Crippen LogP contribution in [0.25, 0.3) is 0 Å². The number of rotatable bonds is 3. The molecule has 6 nitrogen and oxygen atoms in total. The van der Waals surface area contributed by atoms with Crippen LogP contribution in [0.4, 0.5) is 8.78 Å². The minimum Gasteiger partial charge on any atom is -0.477 e. The van der Waals surface area contributed by atoms with Crippen molar-refractivity contribution < 1.29 is 28.3 Å². The number of nitrogens with one attached hydrogen (secondary N) is 1. The summed E-state index contributed by atoms with van der Waals surface area (Å²) >= 11 is 1.28. The topological polar surface area (TPSA) is 86.7 Å². The Morgan fingerprint density at radius 2 is 1.96 bits per heavy atom. The van der Waals surface area contributed by atoms with Crippen LogP contribution >= 0.6 is 11.8 Å². The molecule has 0 aliphatic carbocycles. The van der Waals surface area contributed by atoms with Gasteiger partial charge in [-0.15, -0.1) is 11.8 Å². The average molecular weight is 354 g/mol. The highest BCUT2D eigenvalue weighted by atomic mass is 32.2. The zero-order valence-electron chi connectivity index (χ0n) is 12.4. The van der Waals surface area contributed by atoms with Gasteiger partial charge in [-0.2, -0.15) is 0 Å². The van der Waals surface area contributed by atoms with Crippen LogP contribution in [0.3, 0.4) is 0 Å². The van der Waals surface area contributed by atoms with Crippen molar-refractivity contribution in [1.29, 1.82) is 0 Å². The number of benzene rings is 1. The molecule has 2 aliphatic rings. The van der Waals surface area contributed by atoms with E-state index in [0.717, 1.165) is 23.1 Å². The number of carboxylic acids is 1. The predicted octanol–water partition coefficient (Wildman–Crippen LogP) is 1.34. The summed E-state index contributed by atoms with van der Waals surface area (Å²) in [5, 5.41) is 10.9. The number of thioether (sulfide) groups is 1. The molecule has 9 heteroatoms. The summed E-state index contributed by atoms with van der Waals surface area (Å²) in [6.45, 7) is 1.61. The van der Waals surface area contributed by atoms with Gasteiger partial charge < -0.3 is 10.4 Å². The smallest absolute Gasteiger partial charge is 0.352 e. The number of halogens is 2. The van der Waals surface area contributed by atoms with E-state index in [0.29, 0.717) is 11.3 Å². The summed E-state index contributed by atoms with van der Waals surface area (Å²) in [7, 11) is 0. The van der Waals surface area contributed by atoms with E-state index < -0.39 is 46.4 Å². The lowest BCUT2D eigenvalue weighted by Gasteiger charge is -2.49. The van der Waals surface area contributed by atoms with Crippen LogP contribution in [0.1, 0.15) is 17.3 Å². The molecule has 2 heterocycles. The molecule has 3 rings (SSSR count). The number of aliphatic carboxylic acids is 1. The van der Waals surface area contributed by atoms with Crippen LogP contribution < -0.4 is 5.32 Å². The Bertz CT molecular complexity index is 775. The third-order valence-corrected chi connectivity index (χ3v) is 5.26. The Morgan fingerprint density at radius 3 is 2.54 bits per heavy atom. The van der Waals surface area contributed by atoms with Crippen molar-refractivity contribution >= 4 is 29.5 Å². The van der Waals surface area contributed by atoms with E-state index in [1.807, 2.05) is 0 Å². The fraction of sp³-hybridized carbons (Fsp3) is 0.267. The molecular weight excluding hydrogens is 342 g/mol. The predicted molar refractivity (Wildman–Crippen MR) is 81.0 cm³/mol. The number of nitrogens with zero attached hydrogens (tertiary/aromatic N) is 1. The van der Waals surface area contributed by atoms with Gasteiger partial charge in [-0.3, -0.25) is 14.5 Å². The molecule has 0 saturated carbocycles. The molecule has 2 N–H and O–H groups in total. The van der Waals surface area contributed by atoms with Gasteiger partial charge in [0.15, 0.2) is 0 Å². The number of amides is 2. The molecule has 1 fully saturated rings. The number of carbonyl (C=O) groups is 3. The van der Waals surface area contributed by atoms with E-state index >= 15 is 0 Å². The Kier molecular flexibility index (Phi) is 4.04. The largest absolute Gasteiger partial charge is 0.477 e. The van der Waals surface area contributed by atoms with Crippen LogP contribution in [-0.4, -0.2) is 45.0 Å². The van der Waals surface area contributed by atoms with E-state index in [-0.39, 0.29) is 5.70 Å². The highest BCUT2D eigenvalue weighted by molar-refractivity contribution is 8.00. The second-order valence-electron chi connectivity index (χ2n) is 5.39. The third-order valence-electron chi connectivity index (χ3n) is 3.84. The van der Waals surface area contributed by atoms with Crippen molar-refractivity contribution in [2.75, 3.05) is 5.75 Å². The Balaban J connectivity index is 1.81. The highest BCUT2D eigenvalue weighted by Gasteiger charge is 2.53. The van der Waals surface area contributed by atoms with E-state index in [2.05, 4.69) is 5.32 Å². The molecule has 1 saturated heterocycles. The van der Waals surface area contributed by atoms with Crippen LogP contribution in [0.15, 0.2) is 29.5 Å². The first-order valence-corrected chi connectivity index (χ1v) is 8.00. The number of carbonyl (C=O) groups excluding carboxylic acids is 2. The van der Waals surface area contributed by atoms with Gasteiger partial charge in [0, 0.05) is 5.75 Å². The fourth-order valence-electron chi connectivity index (χ4n) is 2.70. The number of β-lactam (4-membered cyclic amide) rings is 1. The van der Waals surface area contributed by atoms with Gasteiger partial charge in [-0.05, 0) is 24.6 Å². The Hall–Kier alpha value is -2.42. The molecule has 0 bridgehead atoms. The van der Waals surface area contributed by atoms with Gasteiger partial charge >= 0.3 is 5.97 Å². The van der Waals surface area contributed by atoms with E-state index in [4.69, 9.17) is 0 Å². The lowest BCUT2D eigenvalue weighted by molar-refractivity contribution is -0.148. The second kappa shape index (κ2) is 5.90. The van der Waals surface area contributed by atoms with Crippen molar-refractivity contribution in [3.05, 3.63) is 46.7 Å². The quantitative estimate of drug-likeness (QED) is 0.800. The zero-order chi connectivity index (χ0) is 17.6. The molecule has 2 atom stereocenters. The van der Waals surface area contributed by atoms with Gasteiger partial charge in [0.05, 0.1) is 0 Å². The minimum absolute atomic E-state index is 0.105.